The summed E-state index contributed by atoms with van der Waals surface area (Å²) in [5.41, 5.74) is 2.67. The molecule has 4 rings (SSSR count). The summed E-state index contributed by atoms with van der Waals surface area (Å²) >= 11 is 6.53. The molecule has 0 radical (unpaired) electrons. The van der Waals surface area contributed by atoms with Crippen LogP contribution in [0.4, 0.5) is 15.8 Å². The molecule has 0 N–H and O–H groups in total. The maximum atomic E-state index is 13.1. The number of nitro benzene ring substituents is 1. The highest BCUT2D eigenvalue weighted by molar-refractivity contribution is 8.27. The van der Waals surface area contributed by atoms with E-state index in [9.17, 15) is 19.3 Å². The lowest BCUT2D eigenvalue weighted by molar-refractivity contribution is -0.384. The lowest BCUT2D eigenvalue weighted by Gasteiger charge is -2.14. The van der Waals surface area contributed by atoms with Gasteiger partial charge in [-0.25, -0.2) is 4.39 Å². The third kappa shape index (κ3) is 5.10. The summed E-state index contributed by atoms with van der Waals surface area (Å²) in [5.74, 6) is -0.319. The number of thioether (sulfide) groups is 1. The Morgan fingerprint density at radius 2 is 1.82 bits per heavy atom. The van der Waals surface area contributed by atoms with Crippen molar-refractivity contribution in [2.75, 3.05) is 4.90 Å². The number of aryl methyl sites for hydroxylation is 1. The zero-order chi connectivity index (χ0) is 23.5. The summed E-state index contributed by atoms with van der Waals surface area (Å²) in [6, 6.07) is 17.4. The van der Waals surface area contributed by atoms with E-state index >= 15 is 0 Å². The second kappa shape index (κ2) is 9.51. The monoisotopic (exact) mass is 480 g/mol. The number of hydrogen-bond donors (Lipinski definition) is 0. The highest BCUT2D eigenvalue weighted by Crippen LogP contribution is 2.38. The van der Waals surface area contributed by atoms with Crippen LogP contribution in [0.3, 0.4) is 0 Å². The number of carbonyl (C=O) groups is 1. The fourth-order valence-corrected chi connectivity index (χ4v) is 4.45. The van der Waals surface area contributed by atoms with E-state index in [0.29, 0.717) is 26.2 Å². The van der Waals surface area contributed by atoms with Crippen LogP contribution in [0.5, 0.6) is 5.75 Å². The van der Waals surface area contributed by atoms with Crippen LogP contribution in [0.25, 0.3) is 6.08 Å². The molecular weight excluding hydrogens is 463 g/mol. The van der Waals surface area contributed by atoms with E-state index in [1.165, 1.54) is 35.2 Å². The Morgan fingerprint density at radius 1 is 1.12 bits per heavy atom. The van der Waals surface area contributed by atoms with E-state index in [1.54, 1.807) is 18.2 Å². The Balaban J connectivity index is 1.65. The van der Waals surface area contributed by atoms with Crippen LogP contribution in [0.2, 0.25) is 0 Å². The molecule has 166 valence electrons. The van der Waals surface area contributed by atoms with Crippen LogP contribution in [-0.4, -0.2) is 15.2 Å². The first-order valence-electron chi connectivity index (χ1n) is 9.82. The summed E-state index contributed by atoms with van der Waals surface area (Å²) < 4.78 is 19.4. The van der Waals surface area contributed by atoms with Gasteiger partial charge in [0.15, 0.2) is 4.32 Å². The molecule has 3 aromatic carbocycles. The fourth-order valence-electron chi connectivity index (χ4n) is 3.16. The van der Waals surface area contributed by atoms with Crippen molar-refractivity contribution < 1.29 is 18.8 Å². The molecule has 1 aliphatic rings. The summed E-state index contributed by atoms with van der Waals surface area (Å²) in [6.45, 7) is 2.08. The first-order chi connectivity index (χ1) is 15.8. The van der Waals surface area contributed by atoms with Gasteiger partial charge in [0.2, 0.25) is 0 Å². The molecule has 33 heavy (non-hydrogen) atoms. The Bertz CT molecular complexity index is 1270. The zero-order valence-electron chi connectivity index (χ0n) is 17.4. The number of halogens is 1. The summed E-state index contributed by atoms with van der Waals surface area (Å²) in [7, 11) is 0. The van der Waals surface area contributed by atoms with Crippen LogP contribution in [0, 0.1) is 22.9 Å². The minimum absolute atomic E-state index is 0.128. The van der Waals surface area contributed by atoms with Gasteiger partial charge >= 0.3 is 0 Å². The molecule has 0 saturated carbocycles. The molecule has 0 atom stereocenters. The third-order valence-electron chi connectivity index (χ3n) is 4.88. The first kappa shape index (κ1) is 22.6. The number of hydrogen-bond acceptors (Lipinski definition) is 6. The predicted molar refractivity (Wildman–Crippen MR) is 131 cm³/mol. The van der Waals surface area contributed by atoms with Crippen molar-refractivity contribution in [3.05, 3.63) is 104 Å². The maximum absolute atomic E-state index is 13.1. The van der Waals surface area contributed by atoms with Crippen LogP contribution >= 0.6 is 24.0 Å². The number of anilines is 1. The topological polar surface area (TPSA) is 72.7 Å². The number of nitrogens with zero attached hydrogens (tertiary/aromatic N) is 2. The standard InChI is InChI=1S/C24H17FN2O4S2/c1-15-2-8-19(9-3-15)26-23(28)22(33-24(26)32)13-17-12-20(27(29)30)10-11-21(17)31-14-16-4-6-18(25)7-5-16/h2-13H,14H2,1H3/b22-13+. The summed E-state index contributed by atoms with van der Waals surface area (Å²) in [4.78, 5) is 25.6. The second-order valence-corrected chi connectivity index (χ2v) is 8.92. The molecule has 1 fully saturated rings. The Kier molecular flexibility index (Phi) is 6.52. The number of nitro groups is 1. The van der Waals surface area contributed by atoms with Gasteiger partial charge in [-0.15, -0.1) is 0 Å². The summed E-state index contributed by atoms with van der Waals surface area (Å²) in [6.07, 6.45) is 1.54. The van der Waals surface area contributed by atoms with Crippen LogP contribution in [0.15, 0.2) is 71.6 Å². The van der Waals surface area contributed by atoms with Crippen LogP contribution < -0.4 is 9.64 Å². The highest BCUT2D eigenvalue weighted by atomic mass is 32.2. The van der Waals surface area contributed by atoms with E-state index < -0.39 is 4.92 Å². The van der Waals surface area contributed by atoms with Gasteiger partial charge in [-0.1, -0.05) is 53.8 Å². The van der Waals surface area contributed by atoms with Crippen molar-refractivity contribution in [3.8, 4) is 5.75 Å². The molecule has 3 aromatic rings. The van der Waals surface area contributed by atoms with E-state index in [0.717, 1.165) is 22.9 Å². The number of carbonyl (C=O) groups excluding carboxylic acids is 1. The van der Waals surface area contributed by atoms with Gasteiger partial charge in [0.25, 0.3) is 11.6 Å². The van der Waals surface area contributed by atoms with Gasteiger partial charge in [-0.2, -0.15) is 0 Å². The largest absolute Gasteiger partial charge is 0.488 e. The highest BCUT2D eigenvalue weighted by Gasteiger charge is 2.33. The van der Waals surface area contributed by atoms with Crippen molar-refractivity contribution in [3.63, 3.8) is 0 Å². The zero-order valence-corrected chi connectivity index (χ0v) is 19.0. The van der Waals surface area contributed by atoms with Crippen molar-refractivity contribution >= 4 is 51.7 Å². The molecule has 1 aliphatic heterocycles. The molecule has 1 heterocycles. The minimum atomic E-state index is -0.515. The number of amides is 1. The molecule has 0 unspecified atom stereocenters. The van der Waals surface area contributed by atoms with E-state index in [1.807, 2.05) is 31.2 Å². The number of rotatable bonds is 6. The van der Waals surface area contributed by atoms with Crippen molar-refractivity contribution in [1.82, 2.24) is 0 Å². The average Bonchev–Trinajstić information content (AvgIpc) is 3.07. The molecule has 9 heteroatoms. The predicted octanol–water partition coefficient (Wildman–Crippen LogP) is 6.03. The first-order valence-corrected chi connectivity index (χ1v) is 11.0. The Hall–Kier alpha value is -3.56. The maximum Gasteiger partial charge on any atom is 0.270 e. The van der Waals surface area contributed by atoms with E-state index in [4.69, 9.17) is 17.0 Å². The normalized spacial score (nSPS) is 14.7. The smallest absolute Gasteiger partial charge is 0.270 e. The number of ether oxygens (including phenoxy) is 1. The second-order valence-electron chi connectivity index (χ2n) is 7.25. The number of non-ortho nitro benzene ring substituents is 1. The number of benzene rings is 3. The lowest BCUT2D eigenvalue weighted by Crippen LogP contribution is -2.27. The number of thiocarbonyl (C=S) groups is 1. The van der Waals surface area contributed by atoms with Gasteiger partial charge in [-0.05, 0) is 48.9 Å². The van der Waals surface area contributed by atoms with Crippen molar-refractivity contribution in [2.24, 2.45) is 0 Å². The van der Waals surface area contributed by atoms with Crippen molar-refractivity contribution in [1.29, 1.82) is 0 Å². The molecule has 1 saturated heterocycles. The Labute approximate surface area is 198 Å². The van der Waals surface area contributed by atoms with Crippen LogP contribution in [0.1, 0.15) is 16.7 Å². The third-order valence-corrected chi connectivity index (χ3v) is 6.19. The average molecular weight is 481 g/mol. The molecule has 0 aliphatic carbocycles. The van der Waals surface area contributed by atoms with Crippen LogP contribution in [-0.2, 0) is 11.4 Å². The molecular formula is C24H17FN2O4S2. The van der Waals surface area contributed by atoms with Gasteiger partial charge in [0.1, 0.15) is 18.2 Å². The summed E-state index contributed by atoms with van der Waals surface area (Å²) in [5, 5.41) is 11.3. The lowest BCUT2D eigenvalue weighted by atomic mass is 10.1. The molecule has 0 bridgehead atoms. The Morgan fingerprint density at radius 3 is 2.48 bits per heavy atom. The van der Waals surface area contributed by atoms with E-state index in [-0.39, 0.29) is 24.0 Å². The van der Waals surface area contributed by atoms with E-state index in [2.05, 4.69) is 0 Å². The molecule has 1 amide bonds. The van der Waals surface area contributed by atoms with Crippen molar-refractivity contribution in [2.45, 2.75) is 13.5 Å². The molecule has 0 aromatic heterocycles. The van der Waals surface area contributed by atoms with Gasteiger partial charge < -0.3 is 4.74 Å². The van der Waals surface area contributed by atoms with Gasteiger partial charge in [0, 0.05) is 17.7 Å². The van der Waals surface area contributed by atoms with Gasteiger partial charge in [0.05, 0.1) is 15.5 Å². The molecule has 0 spiro atoms. The molecule has 6 nitrogen and oxygen atoms in total. The fraction of sp³-hybridized carbons (Fsp3) is 0.0833. The SMILES string of the molecule is Cc1ccc(N2C(=O)/C(=C\c3cc([N+](=O)[O-])ccc3OCc3ccc(F)cc3)SC2=S)cc1. The quantitative estimate of drug-likeness (QED) is 0.186. The minimum Gasteiger partial charge on any atom is -0.488 e. The van der Waals surface area contributed by atoms with Gasteiger partial charge in [-0.3, -0.25) is 19.8 Å².